The van der Waals surface area contributed by atoms with Crippen LogP contribution in [0, 0.1) is 0 Å². The van der Waals surface area contributed by atoms with E-state index in [1.807, 2.05) is 11.9 Å². The Kier molecular flexibility index (Phi) is 4.27. The molecule has 15 heavy (non-hydrogen) atoms. The Morgan fingerprint density at radius 3 is 2.80 bits per heavy atom. The molecular weight excluding hydrogens is 194 g/mol. The molecule has 1 heterocycles. The zero-order valence-corrected chi connectivity index (χ0v) is 9.49. The number of carbonyl (C=O) groups excluding carboxylic acids is 2. The molecule has 0 spiro atoms. The van der Waals surface area contributed by atoms with Crippen molar-refractivity contribution in [1.82, 2.24) is 4.90 Å². The van der Waals surface area contributed by atoms with Gasteiger partial charge in [0, 0.05) is 6.42 Å². The molecular formula is C11H19NO3. The fraction of sp³-hybridized carbons (Fsp3) is 0.818. The summed E-state index contributed by atoms with van der Waals surface area (Å²) in [6.07, 6.45) is 3.66. The van der Waals surface area contributed by atoms with E-state index in [0.717, 1.165) is 25.7 Å². The second-order valence-electron chi connectivity index (χ2n) is 3.98. The summed E-state index contributed by atoms with van der Waals surface area (Å²) in [7, 11) is 1.93. The second kappa shape index (κ2) is 5.26. The number of ether oxygens (including phenoxy) is 1. The van der Waals surface area contributed by atoms with Gasteiger partial charge in [0.15, 0.2) is 0 Å². The average molecular weight is 213 g/mol. The number of likely N-dealkylation sites (N-methyl/N-ethyl adjacent to an activating group) is 1. The number of carbonyl (C=O) groups is 2. The number of hydrogen-bond acceptors (Lipinski definition) is 4. The first-order valence-electron chi connectivity index (χ1n) is 5.49. The highest BCUT2D eigenvalue weighted by atomic mass is 16.5. The van der Waals surface area contributed by atoms with Gasteiger partial charge in [0.05, 0.1) is 6.61 Å². The summed E-state index contributed by atoms with van der Waals surface area (Å²) in [5.74, 6) is -0.174. The van der Waals surface area contributed by atoms with Crippen LogP contribution in [-0.4, -0.2) is 42.9 Å². The molecule has 1 unspecified atom stereocenters. The molecule has 0 aromatic carbocycles. The van der Waals surface area contributed by atoms with Gasteiger partial charge in [-0.3, -0.25) is 9.69 Å². The van der Waals surface area contributed by atoms with Crippen LogP contribution in [-0.2, 0) is 14.3 Å². The Hall–Kier alpha value is -0.900. The van der Waals surface area contributed by atoms with E-state index in [1.54, 1.807) is 6.92 Å². The number of likely N-dealkylation sites (tertiary alicyclic amines) is 1. The zero-order valence-electron chi connectivity index (χ0n) is 9.49. The van der Waals surface area contributed by atoms with Gasteiger partial charge >= 0.3 is 5.97 Å². The molecule has 0 aromatic rings. The Labute approximate surface area is 90.6 Å². The number of hydrogen-bond donors (Lipinski definition) is 0. The van der Waals surface area contributed by atoms with E-state index in [4.69, 9.17) is 4.74 Å². The molecule has 0 radical (unpaired) electrons. The van der Waals surface area contributed by atoms with Gasteiger partial charge in [-0.05, 0) is 39.8 Å². The molecule has 1 aliphatic heterocycles. The molecule has 0 aromatic heterocycles. The maximum Gasteiger partial charge on any atom is 0.326 e. The first-order valence-corrected chi connectivity index (χ1v) is 5.49. The van der Waals surface area contributed by atoms with Crippen LogP contribution in [0.2, 0.25) is 0 Å². The summed E-state index contributed by atoms with van der Waals surface area (Å²) < 4.78 is 5.10. The molecule has 1 fully saturated rings. The van der Waals surface area contributed by atoms with Gasteiger partial charge in [0.25, 0.3) is 0 Å². The lowest BCUT2D eigenvalue weighted by atomic mass is 9.91. The predicted octanol–water partition coefficient (Wildman–Crippen LogP) is 0.993. The van der Waals surface area contributed by atoms with Gasteiger partial charge in [0.1, 0.15) is 11.8 Å². The molecule has 0 N–H and O–H groups in total. The largest absolute Gasteiger partial charge is 0.465 e. The first kappa shape index (κ1) is 12.2. The maximum absolute atomic E-state index is 11.9. The number of rotatable bonds is 5. The SMILES string of the molecule is CCOC(=O)C1(CCC=O)CCCN1C. The normalized spacial score (nSPS) is 26.5. The number of esters is 1. The van der Waals surface area contributed by atoms with Crippen LogP contribution >= 0.6 is 0 Å². The molecule has 1 atom stereocenters. The standard InChI is InChI=1S/C11H19NO3/c1-3-15-10(14)11(7-5-9-13)6-4-8-12(11)2/h9H,3-8H2,1-2H3. The van der Waals surface area contributed by atoms with Gasteiger partial charge in [0.2, 0.25) is 0 Å². The minimum atomic E-state index is -0.545. The molecule has 0 amide bonds. The lowest BCUT2D eigenvalue weighted by Gasteiger charge is -2.33. The van der Waals surface area contributed by atoms with Crippen molar-refractivity contribution < 1.29 is 14.3 Å². The summed E-state index contributed by atoms with van der Waals surface area (Å²) >= 11 is 0. The van der Waals surface area contributed by atoms with E-state index in [-0.39, 0.29) is 5.97 Å². The van der Waals surface area contributed by atoms with Crippen LogP contribution in [0.25, 0.3) is 0 Å². The topological polar surface area (TPSA) is 46.6 Å². The van der Waals surface area contributed by atoms with Crippen LogP contribution in [0.15, 0.2) is 0 Å². The molecule has 0 bridgehead atoms. The van der Waals surface area contributed by atoms with Crippen LogP contribution < -0.4 is 0 Å². The summed E-state index contributed by atoms with van der Waals surface area (Å²) in [5, 5.41) is 0. The monoisotopic (exact) mass is 213 g/mol. The van der Waals surface area contributed by atoms with Crippen LogP contribution in [0.4, 0.5) is 0 Å². The molecule has 4 nitrogen and oxygen atoms in total. The summed E-state index contributed by atoms with van der Waals surface area (Å²) in [4.78, 5) is 24.3. The van der Waals surface area contributed by atoms with E-state index in [2.05, 4.69) is 0 Å². The summed E-state index contributed by atoms with van der Waals surface area (Å²) in [5.41, 5.74) is -0.545. The zero-order chi connectivity index (χ0) is 11.3. The number of nitrogens with zero attached hydrogens (tertiary/aromatic N) is 1. The molecule has 86 valence electrons. The Balaban J connectivity index is 2.75. The summed E-state index contributed by atoms with van der Waals surface area (Å²) in [6, 6.07) is 0. The average Bonchev–Trinajstić information content (AvgIpc) is 2.58. The quantitative estimate of drug-likeness (QED) is 0.505. The van der Waals surface area contributed by atoms with Crippen molar-refractivity contribution >= 4 is 12.3 Å². The van der Waals surface area contributed by atoms with Gasteiger partial charge in [-0.25, -0.2) is 0 Å². The van der Waals surface area contributed by atoms with Gasteiger partial charge in [-0.2, -0.15) is 0 Å². The van der Waals surface area contributed by atoms with Gasteiger partial charge < -0.3 is 9.53 Å². The van der Waals surface area contributed by atoms with Crippen molar-refractivity contribution in [2.24, 2.45) is 0 Å². The van der Waals surface area contributed by atoms with Gasteiger partial charge in [-0.1, -0.05) is 0 Å². The lowest BCUT2D eigenvalue weighted by molar-refractivity contribution is -0.156. The molecule has 1 rings (SSSR count). The Bertz CT molecular complexity index is 242. The van der Waals surface area contributed by atoms with Crippen molar-refractivity contribution in [3.05, 3.63) is 0 Å². The Morgan fingerprint density at radius 1 is 1.60 bits per heavy atom. The van der Waals surface area contributed by atoms with Crippen LogP contribution in [0.3, 0.4) is 0 Å². The highest BCUT2D eigenvalue weighted by Crippen LogP contribution is 2.33. The van der Waals surface area contributed by atoms with Crippen molar-refractivity contribution in [1.29, 1.82) is 0 Å². The smallest absolute Gasteiger partial charge is 0.326 e. The third kappa shape index (κ3) is 2.37. The van der Waals surface area contributed by atoms with E-state index in [0.29, 0.717) is 19.4 Å². The van der Waals surface area contributed by atoms with Crippen molar-refractivity contribution in [2.75, 3.05) is 20.2 Å². The Morgan fingerprint density at radius 2 is 2.33 bits per heavy atom. The van der Waals surface area contributed by atoms with E-state index in [1.165, 1.54) is 0 Å². The molecule has 1 saturated heterocycles. The lowest BCUT2D eigenvalue weighted by Crippen LogP contribution is -2.49. The van der Waals surface area contributed by atoms with Crippen molar-refractivity contribution in [2.45, 2.75) is 38.1 Å². The van der Waals surface area contributed by atoms with E-state index >= 15 is 0 Å². The molecule has 1 aliphatic rings. The maximum atomic E-state index is 11.9. The van der Waals surface area contributed by atoms with Crippen molar-refractivity contribution in [3.63, 3.8) is 0 Å². The van der Waals surface area contributed by atoms with Crippen LogP contribution in [0.5, 0.6) is 0 Å². The third-order valence-corrected chi connectivity index (χ3v) is 3.15. The molecule has 0 saturated carbocycles. The molecule has 4 heteroatoms. The fourth-order valence-corrected chi connectivity index (χ4v) is 2.25. The minimum Gasteiger partial charge on any atom is -0.465 e. The molecule has 0 aliphatic carbocycles. The fourth-order valence-electron chi connectivity index (χ4n) is 2.25. The predicted molar refractivity (Wildman–Crippen MR) is 56.5 cm³/mol. The van der Waals surface area contributed by atoms with E-state index < -0.39 is 5.54 Å². The summed E-state index contributed by atoms with van der Waals surface area (Å²) in [6.45, 7) is 3.10. The first-order chi connectivity index (χ1) is 7.17. The van der Waals surface area contributed by atoms with E-state index in [9.17, 15) is 9.59 Å². The highest BCUT2D eigenvalue weighted by molar-refractivity contribution is 5.81. The van der Waals surface area contributed by atoms with Crippen molar-refractivity contribution in [3.8, 4) is 0 Å². The minimum absolute atomic E-state index is 0.174. The number of aldehydes is 1. The van der Waals surface area contributed by atoms with Crippen LogP contribution in [0.1, 0.15) is 32.6 Å². The third-order valence-electron chi connectivity index (χ3n) is 3.15. The second-order valence-corrected chi connectivity index (χ2v) is 3.98. The van der Waals surface area contributed by atoms with Gasteiger partial charge in [-0.15, -0.1) is 0 Å². The highest BCUT2D eigenvalue weighted by Gasteiger charge is 2.46.